The zero-order valence-corrected chi connectivity index (χ0v) is 12.8. The van der Waals surface area contributed by atoms with Crippen LogP contribution in [0.5, 0.6) is 0 Å². The zero-order chi connectivity index (χ0) is 14.1. The molecule has 2 N–H and O–H groups in total. The number of carboxylic acid groups (broad SMARTS) is 1. The van der Waals surface area contributed by atoms with E-state index >= 15 is 0 Å². The number of carboxylic acids is 1. The van der Waals surface area contributed by atoms with Crippen LogP contribution in [0.4, 0.5) is 0 Å². The molecule has 1 aliphatic rings. The second kappa shape index (κ2) is 5.43. The Balaban J connectivity index is 2.27. The molecule has 1 unspecified atom stereocenters. The molecule has 0 radical (unpaired) electrons. The maximum Gasteiger partial charge on any atom is 0.325 e. The Kier molecular flexibility index (Phi) is 4.24. The molecule has 19 heavy (non-hydrogen) atoms. The summed E-state index contributed by atoms with van der Waals surface area (Å²) in [6.45, 7) is 1.95. The second-order valence-corrected chi connectivity index (χ2v) is 8.55. The van der Waals surface area contributed by atoms with Crippen LogP contribution in [0.15, 0.2) is 16.3 Å². The first kappa shape index (κ1) is 14.8. The van der Waals surface area contributed by atoms with Gasteiger partial charge in [0.2, 0.25) is 0 Å². The van der Waals surface area contributed by atoms with Gasteiger partial charge in [-0.25, -0.2) is 8.42 Å². The van der Waals surface area contributed by atoms with Gasteiger partial charge in [0, 0.05) is 10.6 Å². The summed E-state index contributed by atoms with van der Waals surface area (Å²) in [5.41, 5.74) is -1.36. The minimum absolute atomic E-state index is 0.182. The molecule has 5 nitrogen and oxygen atoms in total. The maximum atomic E-state index is 12.3. The summed E-state index contributed by atoms with van der Waals surface area (Å²) in [5, 5.41) is 9.29. The van der Waals surface area contributed by atoms with Crippen LogP contribution in [0, 0.1) is 0 Å². The van der Waals surface area contributed by atoms with E-state index in [2.05, 4.69) is 4.72 Å². The lowest BCUT2D eigenvalue weighted by Crippen LogP contribution is -2.54. The predicted molar refractivity (Wildman–Crippen MR) is 76.3 cm³/mol. The molecule has 2 heterocycles. The third kappa shape index (κ3) is 2.96. The van der Waals surface area contributed by atoms with Gasteiger partial charge in [0.25, 0.3) is 10.0 Å². The van der Waals surface area contributed by atoms with Crippen molar-refractivity contribution in [3.8, 4) is 0 Å². The van der Waals surface area contributed by atoms with Crippen LogP contribution < -0.4 is 4.72 Å². The number of thiophene rings is 1. The first-order valence-electron chi connectivity index (χ1n) is 5.83. The molecule has 106 valence electrons. The van der Waals surface area contributed by atoms with Crippen molar-refractivity contribution in [2.45, 2.75) is 29.5 Å². The SMILES string of the molecule is CCc1ccc(S(=O)(=O)NC2(C(=O)O)CCSC2)s1. The van der Waals surface area contributed by atoms with Crippen LogP contribution >= 0.6 is 23.1 Å². The molecule has 1 fully saturated rings. The average molecular weight is 321 g/mol. The standard InChI is InChI=1S/C11H15NO4S3/c1-2-8-3-4-9(18-8)19(15,16)12-11(10(13)14)5-6-17-7-11/h3-4,12H,2,5-7H2,1H3,(H,13,14). The highest BCUT2D eigenvalue weighted by Crippen LogP contribution is 2.31. The fraction of sp³-hybridized carbons (Fsp3) is 0.545. The summed E-state index contributed by atoms with van der Waals surface area (Å²) in [7, 11) is -3.76. The van der Waals surface area contributed by atoms with Crippen molar-refractivity contribution < 1.29 is 18.3 Å². The molecule has 0 saturated carbocycles. The van der Waals surface area contributed by atoms with Gasteiger partial charge in [-0.05, 0) is 30.7 Å². The van der Waals surface area contributed by atoms with Gasteiger partial charge in [0.15, 0.2) is 0 Å². The normalized spacial score (nSPS) is 23.6. The van der Waals surface area contributed by atoms with E-state index in [0.29, 0.717) is 12.2 Å². The number of rotatable bonds is 5. The first-order valence-corrected chi connectivity index (χ1v) is 9.29. The van der Waals surface area contributed by atoms with Gasteiger partial charge in [0.1, 0.15) is 9.75 Å². The van der Waals surface area contributed by atoms with Crippen LogP contribution in [0.1, 0.15) is 18.2 Å². The number of carbonyl (C=O) groups is 1. The minimum Gasteiger partial charge on any atom is -0.480 e. The fourth-order valence-corrected chi connectivity index (χ4v) is 5.96. The Bertz CT molecular complexity index is 573. The van der Waals surface area contributed by atoms with Crippen LogP contribution in [0.25, 0.3) is 0 Å². The third-order valence-electron chi connectivity index (χ3n) is 3.01. The molecule has 0 bridgehead atoms. The summed E-state index contributed by atoms with van der Waals surface area (Å²) < 4.78 is 27.1. The van der Waals surface area contributed by atoms with Crippen molar-refractivity contribution >= 4 is 39.1 Å². The molecular formula is C11H15NO4S3. The van der Waals surface area contributed by atoms with Crippen LogP contribution in [-0.2, 0) is 21.2 Å². The van der Waals surface area contributed by atoms with Gasteiger partial charge in [-0.2, -0.15) is 16.5 Å². The Morgan fingerprint density at radius 1 is 1.53 bits per heavy atom. The highest BCUT2D eigenvalue weighted by atomic mass is 32.2. The molecule has 8 heteroatoms. The molecule has 1 saturated heterocycles. The van der Waals surface area contributed by atoms with Gasteiger partial charge in [-0.3, -0.25) is 4.79 Å². The van der Waals surface area contributed by atoms with Crippen molar-refractivity contribution in [3.05, 3.63) is 17.0 Å². The molecule has 1 aliphatic heterocycles. The zero-order valence-electron chi connectivity index (χ0n) is 10.4. The monoisotopic (exact) mass is 321 g/mol. The summed E-state index contributed by atoms with van der Waals surface area (Å²) in [5.74, 6) is -0.180. The lowest BCUT2D eigenvalue weighted by Gasteiger charge is -2.23. The molecule has 0 aromatic carbocycles. The quantitative estimate of drug-likeness (QED) is 0.859. The number of thioether (sulfide) groups is 1. The summed E-state index contributed by atoms with van der Waals surface area (Å²) >= 11 is 2.63. The third-order valence-corrected chi connectivity index (χ3v) is 7.46. The lowest BCUT2D eigenvalue weighted by atomic mass is 10.0. The maximum absolute atomic E-state index is 12.3. The molecule has 1 aromatic rings. The van der Waals surface area contributed by atoms with E-state index in [9.17, 15) is 18.3 Å². The number of nitrogens with one attached hydrogen (secondary N) is 1. The molecule has 0 spiro atoms. The minimum atomic E-state index is -3.76. The number of aliphatic carboxylic acids is 1. The largest absolute Gasteiger partial charge is 0.480 e. The summed E-state index contributed by atoms with van der Waals surface area (Å²) in [6, 6.07) is 3.29. The van der Waals surface area contributed by atoms with Crippen LogP contribution in [0.3, 0.4) is 0 Å². The Morgan fingerprint density at radius 2 is 2.26 bits per heavy atom. The van der Waals surface area contributed by atoms with Gasteiger partial charge in [-0.15, -0.1) is 11.3 Å². The second-order valence-electron chi connectivity index (χ2n) is 4.37. The molecule has 0 amide bonds. The van der Waals surface area contributed by atoms with Crippen molar-refractivity contribution in [1.82, 2.24) is 4.72 Å². The Morgan fingerprint density at radius 3 is 2.74 bits per heavy atom. The highest BCUT2D eigenvalue weighted by Gasteiger charge is 2.45. The van der Waals surface area contributed by atoms with Crippen molar-refractivity contribution in [2.24, 2.45) is 0 Å². The lowest BCUT2D eigenvalue weighted by molar-refractivity contribution is -0.142. The number of hydrogen-bond acceptors (Lipinski definition) is 5. The highest BCUT2D eigenvalue weighted by molar-refractivity contribution is 7.99. The average Bonchev–Trinajstić information content (AvgIpc) is 2.96. The van der Waals surface area contributed by atoms with Gasteiger partial charge < -0.3 is 5.11 Å². The van der Waals surface area contributed by atoms with Gasteiger partial charge >= 0.3 is 5.97 Å². The summed E-state index contributed by atoms with van der Waals surface area (Å²) in [4.78, 5) is 12.3. The van der Waals surface area contributed by atoms with Crippen molar-refractivity contribution in [3.63, 3.8) is 0 Å². The van der Waals surface area contributed by atoms with E-state index in [1.165, 1.54) is 29.2 Å². The molecule has 0 aliphatic carbocycles. The first-order chi connectivity index (χ1) is 8.89. The van der Waals surface area contributed by atoms with Gasteiger partial charge in [-0.1, -0.05) is 6.92 Å². The number of sulfonamides is 1. The summed E-state index contributed by atoms with van der Waals surface area (Å²) in [6.07, 6.45) is 1.08. The molecule has 1 aromatic heterocycles. The van der Waals surface area contributed by atoms with Crippen LogP contribution in [-0.4, -0.2) is 36.5 Å². The van der Waals surface area contributed by atoms with E-state index in [1.807, 2.05) is 6.92 Å². The van der Waals surface area contributed by atoms with E-state index in [0.717, 1.165) is 11.3 Å². The molecule has 1 atom stereocenters. The topological polar surface area (TPSA) is 83.5 Å². The molecule has 2 rings (SSSR count). The van der Waals surface area contributed by atoms with E-state index in [-0.39, 0.29) is 9.96 Å². The number of hydrogen-bond donors (Lipinski definition) is 2. The van der Waals surface area contributed by atoms with Crippen molar-refractivity contribution in [2.75, 3.05) is 11.5 Å². The fourth-order valence-electron chi connectivity index (χ4n) is 1.86. The predicted octanol–water partition coefficient (Wildman–Crippen LogP) is 1.55. The van der Waals surface area contributed by atoms with Gasteiger partial charge in [0.05, 0.1) is 0 Å². The van der Waals surface area contributed by atoms with E-state index in [1.54, 1.807) is 6.07 Å². The Hall–Kier alpha value is -0.570. The number of aryl methyl sites for hydroxylation is 1. The molecular weight excluding hydrogens is 306 g/mol. The van der Waals surface area contributed by atoms with Crippen molar-refractivity contribution in [1.29, 1.82) is 0 Å². The van der Waals surface area contributed by atoms with Crippen LogP contribution in [0.2, 0.25) is 0 Å². The van der Waals surface area contributed by atoms with E-state index < -0.39 is 21.5 Å². The van der Waals surface area contributed by atoms with E-state index in [4.69, 9.17) is 0 Å². The smallest absolute Gasteiger partial charge is 0.325 e. The Labute approximate surface area is 120 Å².